The van der Waals surface area contributed by atoms with E-state index in [0.29, 0.717) is 10.4 Å². The van der Waals surface area contributed by atoms with Crippen molar-refractivity contribution in [1.29, 1.82) is 0 Å². The van der Waals surface area contributed by atoms with Crippen LogP contribution in [0.15, 0.2) is 53.3 Å². The van der Waals surface area contributed by atoms with Crippen molar-refractivity contribution >= 4 is 28.1 Å². The fraction of sp³-hybridized carbons (Fsp3) is 0.118. The lowest BCUT2D eigenvalue weighted by Crippen LogP contribution is -2.11. The molecule has 2 aromatic carbocycles. The van der Waals surface area contributed by atoms with Crippen LogP contribution in [0.2, 0.25) is 5.02 Å². The molecule has 106 valence electrons. The van der Waals surface area contributed by atoms with Crippen LogP contribution in [0.1, 0.15) is 0 Å². The van der Waals surface area contributed by atoms with Crippen LogP contribution in [0.3, 0.4) is 0 Å². The van der Waals surface area contributed by atoms with E-state index in [1.165, 1.54) is 0 Å². The summed E-state index contributed by atoms with van der Waals surface area (Å²) in [4.78, 5) is 17.2. The van der Waals surface area contributed by atoms with E-state index in [9.17, 15) is 4.79 Å². The average Bonchev–Trinajstić information content (AvgIpc) is 2.46. The summed E-state index contributed by atoms with van der Waals surface area (Å²) in [6.45, 7) is 0. The number of aromatic amines is 1. The summed E-state index contributed by atoms with van der Waals surface area (Å²) < 4.78 is 0. The molecule has 0 aliphatic carbocycles. The number of aromatic nitrogens is 1. The Kier molecular flexibility index (Phi) is 3.43. The Morgan fingerprint density at radius 1 is 1.05 bits per heavy atom. The fourth-order valence-corrected chi connectivity index (χ4v) is 2.53. The van der Waals surface area contributed by atoms with Crippen LogP contribution in [0.5, 0.6) is 0 Å². The molecular weight excluding hydrogens is 284 g/mol. The van der Waals surface area contributed by atoms with Gasteiger partial charge in [0.2, 0.25) is 0 Å². The molecule has 0 aliphatic rings. The summed E-state index contributed by atoms with van der Waals surface area (Å²) in [6, 6.07) is 15.3. The van der Waals surface area contributed by atoms with Gasteiger partial charge in [0.1, 0.15) is 0 Å². The normalized spacial score (nSPS) is 10.8. The van der Waals surface area contributed by atoms with Gasteiger partial charge in [-0.1, -0.05) is 29.8 Å². The summed E-state index contributed by atoms with van der Waals surface area (Å²) in [5.41, 5.74) is 2.58. The molecule has 21 heavy (non-hydrogen) atoms. The van der Waals surface area contributed by atoms with Gasteiger partial charge in [0.25, 0.3) is 5.56 Å². The molecule has 0 atom stereocenters. The van der Waals surface area contributed by atoms with Gasteiger partial charge < -0.3 is 9.88 Å². The van der Waals surface area contributed by atoms with Gasteiger partial charge in [-0.15, -0.1) is 0 Å². The molecule has 3 nitrogen and oxygen atoms in total. The van der Waals surface area contributed by atoms with Gasteiger partial charge in [-0.3, -0.25) is 4.79 Å². The number of H-pyrrole nitrogens is 1. The summed E-state index contributed by atoms with van der Waals surface area (Å²) in [6.07, 6.45) is 0. The van der Waals surface area contributed by atoms with Gasteiger partial charge in [-0.05, 0) is 41.3 Å². The molecule has 1 heterocycles. The average molecular weight is 299 g/mol. The van der Waals surface area contributed by atoms with Gasteiger partial charge in [0.05, 0.1) is 0 Å². The van der Waals surface area contributed by atoms with Crippen LogP contribution in [-0.2, 0) is 0 Å². The van der Waals surface area contributed by atoms with E-state index in [2.05, 4.69) is 4.98 Å². The van der Waals surface area contributed by atoms with Crippen LogP contribution in [-0.4, -0.2) is 19.1 Å². The Hall–Kier alpha value is -2.26. The van der Waals surface area contributed by atoms with Crippen molar-refractivity contribution in [3.63, 3.8) is 0 Å². The highest BCUT2D eigenvalue weighted by molar-refractivity contribution is 6.30. The van der Waals surface area contributed by atoms with E-state index >= 15 is 0 Å². The Morgan fingerprint density at radius 3 is 2.57 bits per heavy atom. The number of nitrogens with zero attached hydrogens (tertiary/aromatic N) is 1. The van der Waals surface area contributed by atoms with Gasteiger partial charge in [-0.25, -0.2) is 0 Å². The Morgan fingerprint density at radius 2 is 1.86 bits per heavy atom. The van der Waals surface area contributed by atoms with Crippen molar-refractivity contribution in [2.45, 2.75) is 0 Å². The first-order chi connectivity index (χ1) is 10.0. The molecule has 0 fully saturated rings. The van der Waals surface area contributed by atoms with E-state index in [0.717, 1.165) is 22.3 Å². The Labute approximate surface area is 127 Å². The van der Waals surface area contributed by atoms with Gasteiger partial charge in [0, 0.05) is 35.9 Å². The largest absolute Gasteiger partial charge is 0.378 e. The fourth-order valence-electron chi connectivity index (χ4n) is 2.34. The monoisotopic (exact) mass is 298 g/mol. The van der Waals surface area contributed by atoms with Crippen molar-refractivity contribution in [2.75, 3.05) is 19.0 Å². The SMILES string of the molecule is CN(C)c1ccc2cc(-c3cccc(Cl)c3)[nH]c(=O)c2c1. The van der Waals surface area contributed by atoms with Crippen molar-refractivity contribution in [2.24, 2.45) is 0 Å². The third-order valence-electron chi connectivity index (χ3n) is 3.48. The molecule has 0 saturated heterocycles. The first-order valence-corrected chi connectivity index (χ1v) is 7.03. The summed E-state index contributed by atoms with van der Waals surface area (Å²) >= 11 is 6.01. The van der Waals surface area contributed by atoms with Crippen LogP contribution < -0.4 is 10.5 Å². The van der Waals surface area contributed by atoms with Crippen LogP contribution in [0.4, 0.5) is 5.69 Å². The summed E-state index contributed by atoms with van der Waals surface area (Å²) in [5, 5.41) is 2.25. The number of benzene rings is 2. The molecule has 0 spiro atoms. The highest BCUT2D eigenvalue weighted by Crippen LogP contribution is 2.24. The number of nitrogens with one attached hydrogen (secondary N) is 1. The second-order valence-electron chi connectivity index (χ2n) is 5.19. The third-order valence-corrected chi connectivity index (χ3v) is 3.72. The molecule has 0 amide bonds. The topological polar surface area (TPSA) is 36.1 Å². The van der Waals surface area contributed by atoms with E-state index < -0.39 is 0 Å². The first-order valence-electron chi connectivity index (χ1n) is 6.65. The van der Waals surface area contributed by atoms with Gasteiger partial charge in [0.15, 0.2) is 0 Å². The highest BCUT2D eigenvalue weighted by Gasteiger charge is 2.06. The zero-order valence-corrected chi connectivity index (χ0v) is 12.6. The van der Waals surface area contributed by atoms with Gasteiger partial charge in [-0.2, -0.15) is 0 Å². The highest BCUT2D eigenvalue weighted by atomic mass is 35.5. The van der Waals surface area contributed by atoms with Crippen LogP contribution in [0.25, 0.3) is 22.0 Å². The minimum Gasteiger partial charge on any atom is -0.378 e. The molecule has 0 unspecified atom stereocenters. The Balaban J connectivity index is 2.20. The van der Waals surface area contributed by atoms with Crippen LogP contribution in [0, 0.1) is 0 Å². The minimum atomic E-state index is -0.0915. The van der Waals surface area contributed by atoms with E-state index in [1.807, 2.05) is 67.5 Å². The molecule has 1 N–H and O–H groups in total. The van der Waals surface area contributed by atoms with Gasteiger partial charge >= 0.3 is 0 Å². The van der Waals surface area contributed by atoms with Crippen molar-refractivity contribution < 1.29 is 0 Å². The number of anilines is 1. The third kappa shape index (κ3) is 2.65. The molecule has 3 rings (SSSR count). The lowest BCUT2D eigenvalue weighted by molar-refractivity contribution is 1.13. The maximum atomic E-state index is 12.3. The number of halogens is 1. The molecule has 0 saturated carbocycles. The number of rotatable bonds is 2. The number of pyridine rings is 1. The second-order valence-corrected chi connectivity index (χ2v) is 5.62. The second kappa shape index (κ2) is 5.26. The van der Waals surface area contributed by atoms with E-state index in [4.69, 9.17) is 11.6 Å². The zero-order chi connectivity index (χ0) is 15.0. The summed E-state index contributed by atoms with van der Waals surface area (Å²) in [7, 11) is 3.91. The van der Waals surface area contributed by atoms with Crippen LogP contribution >= 0.6 is 11.6 Å². The molecule has 0 aliphatic heterocycles. The first kappa shape index (κ1) is 13.7. The predicted molar refractivity (Wildman–Crippen MR) is 89.3 cm³/mol. The maximum Gasteiger partial charge on any atom is 0.256 e. The zero-order valence-electron chi connectivity index (χ0n) is 11.9. The van der Waals surface area contributed by atoms with E-state index in [-0.39, 0.29) is 5.56 Å². The number of fused-ring (bicyclic) bond motifs is 1. The molecule has 4 heteroatoms. The Bertz CT molecular complexity index is 868. The number of hydrogen-bond acceptors (Lipinski definition) is 2. The number of hydrogen-bond donors (Lipinski definition) is 1. The van der Waals surface area contributed by atoms with Crippen molar-refractivity contribution in [3.8, 4) is 11.3 Å². The lowest BCUT2D eigenvalue weighted by Gasteiger charge is -2.13. The molecule has 1 aromatic heterocycles. The minimum absolute atomic E-state index is 0.0915. The molecule has 0 radical (unpaired) electrons. The maximum absolute atomic E-state index is 12.3. The lowest BCUT2D eigenvalue weighted by atomic mass is 10.1. The van der Waals surface area contributed by atoms with E-state index in [1.54, 1.807) is 0 Å². The standard InChI is InChI=1S/C17H15ClN2O/c1-20(2)14-7-6-11-9-16(19-17(21)15(11)10-14)12-4-3-5-13(18)8-12/h3-10H,1-2H3,(H,19,21). The predicted octanol–water partition coefficient (Wildman–Crippen LogP) is 3.91. The molecule has 3 aromatic rings. The molecular formula is C17H15ClN2O. The smallest absolute Gasteiger partial charge is 0.256 e. The van der Waals surface area contributed by atoms with Crippen molar-refractivity contribution in [1.82, 2.24) is 4.98 Å². The quantitative estimate of drug-likeness (QED) is 0.778. The van der Waals surface area contributed by atoms with Crippen molar-refractivity contribution in [3.05, 3.63) is 63.9 Å². The summed E-state index contributed by atoms with van der Waals surface area (Å²) in [5.74, 6) is 0. The molecule has 0 bridgehead atoms.